The molecule has 0 amide bonds. The van der Waals surface area contributed by atoms with E-state index in [1.165, 1.54) is 0 Å². The first-order valence-electron chi connectivity index (χ1n) is 5.03. The van der Waals surface area contributed by atoms with Crippen molar-refractivity contribution in [1.29, 1.82) is 0 Å². The highest BCUT2D eigenvalue weighted by Crippen LogP contribution is 2.23. The average molecular weight is 228 g/mol. The minimum atomic E-state index is -0.439. The fourth-order valence-electron chi connectivity index (χ4n) is 1.50. The van der Waals surface area contributed by atoms with Crippen molar-refractivity contribution in [1.82, 2.24) is 4.98 Å². The van der Waals surface area contributed by atoms with E-state index < -0.39 is 5.79 Å². The van der Waals surface area contributed by atoms with E-state index in [0.717, 1.165) is 17.4 Å². The van der Waals surface area contributed by atoms with Crippen molar-refractivity contribution in [3.05, 3.63) is 11.1 Å². The maximum absolute atomic E-state index is 5.67. The molecule has 5 heteroatoms. The fourth-order valence-corrected chi connectivity index (χ4v) is 2.20. The Kier molecular flexibility index (Phi) is 2.95. The number of nitrogens with one attached hydrogen (secondary N) is 1. The molecule has 1 fully saturated rings. The highest BCUT2D eigenvalue weighted by Gasteiger charge is 2.32. The summed E-state index contributed by atoms with van der Waals surface area (Å²) in [5, 5.41) is 6.22. The molecule has 0 bridgehead atoms. The zero-order chi connectivity index (χ0) is 10.9. The molecule has 1 aliphatic rings. The Bertz CT molecular complexity index is 338. The number of thiazole rings is 1. The second-order valence-corrected chi connectivity index (χ2v) is 4.98. The summed E-state index contributed by atoms with van der Waals surface area (Å²) < 4.78 is 11.1. The van der Waals surface area contributed by atoms with Crippen LogP contribution >= 0.6 is 11.3 Å². The van der Waals surface area contributed by atoms with E-state index in [1.54, 1.807) is 11.3 Å². The lowest BCUT2D eigenvalue weighted by molar-refractivity contribution is -0.136. The van der Waals surface area contributed by atoms with Gasteiger partial charge in [0.1, 0.15) is 6.10 Å². The predicted octanol–water partition coefficient (Wildman–Crippen LogP) is 2.01. The first-order valence-corrected chi connectivity index (χ1v) is 5.91. The van der Waals surface area contributed by atoms with Crippen LogP contribution in [0.25, 0.3) is 0 Å². The Morgan fingerprint density at radius 2 is 2.47 bits per heavy atom. The summed E-state index contributed by atoms with van der Waals surface area (Å²) in [5.41, 5.74) is 1.05. The summed E-state index contributed by atoms with van der Waals surface area (Å²) in [5.74, 6) is -0.439. The zero-order valence-corrected chi connectivity index (χ0v) is 10.1. The van der Waals surface area contributed by atoms with Gasteiger partial charge in [-0.15, -0.1) is 11.3 Å². The molecule has 2 rings (SSSR count). The first kappa shape index (κ1) is 10.9. The molecule has 1 aromatic rings. The molecule has 1 N–H and O–H groups in total. The summed E-state index contributed by atoms with van der Waals surface area (Å²) in [6, 6.07) is 0. The van der Waals surface area contributed by atoms with E-state index in [4.69, 9.17) is 9.47 Å². The van der Waals surface area contributed by atoms with Gasteiger partial charge in [-0.3, -0.25) is 0 Å². The van der Waals surface area contributed by atoms with Crippen LogP contribution in [-0.2, 0) is 9.47 Å². The summed E-state index contributed by atoms with van der Waals surface area (Å²) in [6.45, 7) is 7.24. The smallest absolute Gasteiger partial charge is 0.182 e. The van der Waals surface area contributed by atoms with Crippen LogP contribution in [0.1, 0.15) is 19.5 Å². The number of aryl methyl sites for hydroxylation is 1. The molecule has 1 aliphatic heterocycles. The molecular formula is C10H16N2O2S. The lowest BCUT2D eigenvalue weighted by Gasteiger charge is -2.17. The molecule has 1 unspecified atom stereocenters. The van der Waals surface area contributed by atoms with Crippen molar-refractivity contribution in [2.75, 3.05) is 18.5 Å². The summed E-state index contributed by atoms with van der Waals surface area (Å²) in [4.78, 5) is 4.32. The van der Waals surface area contributed by atoms with E-state index in [-0.39, 0.29) is 6.10 Å². The third-order valence-corrected chi connectivity index (χ3v) is 3.09. The molecule has 15 heavy (non-hydrogen) atoms. The average Bonchev–Trinajstić information content (AvgIpc) is 2.69. The van der Waals surface area contributed by atoms with Gasteiger partial charge in [-0.2, -0.15) is 0 Å². The molecule has 1 atom stereocenters. The van der Waals surface area contributed by atoms with Gasteiger partial charge < -0.3 is 14.8 Å². The van der Waals surface area contributed by atoms with Gasteiger partial charge in [0.05, 0.1) is 12.3 Å². The molecular weight excluding hydrogens is 212 g/mol. The number of aromatic nitrogens is 1. The number of ether oxygens (including phenoxy) is 2. The SMILES string of the molecule is Cc1csc(NCC2COC(C)(C)O2)n1. The second kappa shape index (κ2) is 4.08. The van der Waals surface area contributed by atoms with E-state index in [9.17, 15) is 0 Å². The van der Waals surface area contributed by atoms with Crippen molar-refractivity contribution < 1.29 is 9.47 Å². The van der Waals surface area contributed by atoms with Crippen molar-refractivity contribution in [3.8, 4) is 0 Å². The Balaban J connectivity index is 1.80. The highest BCUT2D eigenvalue weighted by atomic mass is 32.1. The summed E-state index contributed by atoms with van der Waals surface area (Å²) >= 11 is 1.61. The maximum atomic E-state index is 5.67. The highest BCUT2D eigenvalue weighted by molar-refractivity contribution is 7.13. The van der Waals surface area contributed by atoms with Gasteiger partial charge in [0.25, 0.3) is 0 Å². The number of anilines is 1. The van der Waals surface area contributed by atoms with Crippen molar-refractivity contribution in [2.24, 2.45) is 0 Å². The van der Waals surface area contributed by atoms with Gasteiger partial charge in [-0.1, -0.05) is 0 Å². The second-order valence-electron chi connectivity index (χ2n) is 4.13. The molecule has 1 saturated heterocycles. The van der Waals surface area contributed by atoms with Crippen LogP contribution in [0, 0.1) is 6.92 Å². The Hall–Kier alpha value is -0.650. The van der Waals surface area contributed by atoms with Crippen molar-refractivity contribution in [2.45, 2.75) is 32.7 Å². The van der Waals surface area contributed by atoms with E-state index in [2.05, 4.69) is 10.3 Å². The van der Waals surface area contributed by atoms with Crippen LogP contribution in [-0.4, -0.2) is 30.0 Å². The topological polar surface area (TPSA) is 43.4 Å². The third-order valence-electron chi connectivity index (χ3n) is 2.17. The van der Waals surface area contributed by atoms with E-state index >= 15 is 0 Å². The standard InChI is InChI=1S/C10H16N2O2S/c1-7-6-15-9(12-7)11-4-8-5-13-10(2,3)14-8/h6,8H,4-5H2,1-3H3,(H,11,12). The van der Waals surface area contributed by atoms with Gasteiger partial charge in [0.15, 0.2) is 10.9 Å². The van der Waals surface area contributed by atoms with Crippen LogP contribution in [0.5, 0.6) is 0 Å². The summed E-state index contributed by atoms with van der Waals surface area (Å²) in [6.07, 6.45) is 0.115. The zero-order valence-electron chi connectivity index (χ0n) is 9.24. The molecule has 0 aliphatic carbocycles. The Morgan fingerprint density at radius 1 is 1.67 bits per heavy atom. The first-order chi connectivity index (χ1) is 7.05. The molecule has 1 aromatic heterocycles. The van der Waals surface area contributed by atoms with E-state index in [1.807, 2.05) is 26.2 Å². The predicted molar refractivity (Wildman–Crippen MR) is 60.2 cm³/mol. The van der Waals surface area contributed by atoms with Gasteiger partial charge in [-0.25, -0.2) is 4.98 Å². The van der Waals surface area contributed by atoms with Gasteiger partial charge in [0.2, 0.25) is 0 Å². The van der Waals surface area contributed by atoms with Crippen LogP contribution in [0.4, 0.5) is 5.13 Å². The van der Waals surface area contributed by atoms with Crippen molar-refractivity contribution >= 4 is 16.5 Å². The Labute approximate surface area is 93.6 Å². The minimum absolute atomic E-state index is 0.115. The van der Waals surface area contributed by atoms with Crippen LogP contribution in [0.15, 0.2) is 5.38 Å². The van der Waals surface area contributed by atoms with Gasteiger partial charge >= 0.3 is 0 Å². The maximum Gasteiger partial charge on any atom is 0.182 e. The number of hydrogen-bond acceptors (Lipinski definition) is 5. The third kappa shape index (κ3) is 2.90. The van der Waals surface area contributed by atoms with Crippen LogP contribution in [0.2, 0.25) is 0 Å². The molecule has 84 valence electrons. The Morgan fingerprint density at radius 3 is 3.00 bits per heavy atom. The fraction of sp³-hybridized carbons (Fsp3) is 0.700. The molecule has 4 nitrogen and oxygen atoms in total. The lowest BCUT2D eigenvalue weighted by atomic mass is 10.4. The quantitative estimate of drug-likeness (QED) is 0.859. The van der Waals surface area contributed by atoms with E-state index in [0.29, 0.717) is 6.61 Å². The molecule has 0 radical (unpaired) electrons. The number of nitrogens with zero attached hydrogens (tertiary/aromatic N) is 1. The lowest BCUT2D eigenvalue weighted by Crippen LogP contribution is -2.25. The van der Waals surface area contributed by atoms with Crippen LogP contribution in [0.3, 0.4) is 0 Å². The molecule has 0 aromatic carbocycles. The molecule has 0 spiro atoms. The summed E-state index contributed by atoms with van der Waals surface area (Å²) in [7, 11) is 0. The largest absolute Gasteiger partial charge is 0.359 e. The van der Waals surface area contributed by atoms with Gasteiger partial charge in [0, 0.05) is 11.9 Å². The van der Waals surface area contributed by atoms with Crippen LogP contribution < -0.4 is 5.32 Å². The normalized spacial score (nSPS) is 24.3. The minimum Gasteiger partial charge on any atom is -0.359 e. The molecule has 2 heterocycles. The van der Waals surface area contributed by atoms with Crippen molar-refractivity contribution in [3.63, 3.8) is 0 Å². The number of hydrogen-bond donors (Lipinski definition) is 1. The number of rotatable bonds is 3. The van der Waals surface area contributed by atoms with Gasteiger partial charge in [-0.05, 0) is 20.8 Å². The monoisotopic (exact) mass is 228 g/mol. The molecule has 0 saturated carbocycles.